The van der Waals surface area contributed by atoms with Gasteiger partial charge in [0.25, 0.3) is 0 Å². The van der Waals surface area contributed by atoms with Gasteiger partial charge in [0, 0.05) is 17.6 Å². The molecule has 1 unspecified atom stereocenters. The first kappa shape index (κ1) is 15.8. The van der Waals surface area contributed by atoms with Crippen molar-refractivity contribution in [1.82, 2.24) is 10.2 Å². The summed E-state index contributed by atoms with van der Waals surface area (Å²) in [5.41, 5.74) is 1.84. The molecule has 1 atom stereocenters. The van der Waals surface area contributed by atoms with E-state index in [1.54, 1.807) is 0 Å². The first-order valence-corrected chi connectivity index (χ1v) is 8.09. The van der Waals surface area contributed by atoms with Crippen LogP contribution in [-0.4, -0.2) is 31.1 Å². The quantitative estimate of drug-likeness (QED) is 0.849. The van der Waals surface area contributed by atoms with Gasteiger partial charge >= 0.3 is 0 Å². The van der Waals surface area contributed by atoms with Crippen molar-refractivity contribution in [3.05, 3.63) is 34.9 Å². The Hall–Kier alpha value is -0.570. The lowest BCUT2D eigenvalue weighted by molar-refractivity contribution is 0.274. The number of likely N-dealkylation sites (tertiary alicyclic amines) is 1. The van der Waals surface area contributed by atoms with Gasteiger partial charge in [-0.1, -0.05) is 44.5 Å². The molecule has 1 aliphatic heterocycles. The Morgan fingerprint density at radius 3 is 2.55 bits per heavy atom. The molecule has 2 nitrogen and oxygen atoms in total. The van der Waals surface area contributed by atoms with Crippen molar-refractivity contribution in [3.8, 4) is 0 Å². The molecule has 1 N–H and O–H groups in total. The molecule has 1 fully saturated rings. The van der Waals surface area contributed by atoms with Crippen LogP contribution in [0.15, 0.2) is 24.3 Å². The molecule has 20 heavy (non-hydrogen) atoms. The van der Waals surface area contributed by atoms with Crippen molar-refractivity contribution in [3.63, 3.8) is 0 Å². The number of rotatable bonds is 6. The molecule has 1 heterocycles. The SMILES string of the molecule is CCNC(CCN1CCC(C)(C)C1)c1ccc(Cl)cc1. The molecule has 0 bridgehead atoms. The Morgan fingerprint density at radius 1 is 1.30 bits per heavy atom. The lowest BCUT2D eigenvalue weighted by atomic mass is 9.93. The van der Waals surface area contributed by atoms with Gasteiger partial charge in [-0.15, -0.1) is 0 Å². The van der Waals surface area contributed by atoms with Crippen molar-refractivity contribution in [2.24, 2.45) is 5.41 Å². The summed E-state index contributed by atoms with van der Waals surface area (Å²) in [6.45, 7) is 11.5. The van der Waals surface area contributed by atoms with Crippen molar-refractivity contribution in [2.75, 3.05) is 26.2 Å². The Kier molecular flexibility index (Phi) is 5.48. The third kappa shape index (κ3) is 4.47. The average molecular weight is 295 g/mol. The lowest BCUT2D eigenvalue weighted by Gasteiger charge is -2.24. The lowest BCUT2D eigenvalue weighted by Crippen LogP contribution is -2.29. The van der Waals surface area contributed by atoms with Crippen molar-refractivity contribution in [1.29, 1.82) is 0 Å². The van der Waals surface area contributed by atoms with E-state index in [1.165, 1.54) is 31.6 Å². The Labute approximate surface area is 128 Å². The molecule has 2 rings (SSSR count). The third-order valence-corrected chi connectivity index (χ3v) is 4.47. The average Bonchev–Trinajstić information content (AvgIpc) is 2.75. The predicted molar refractivity (Wildman–Crippen MR) is 87.3 cm³/mol. The first-order valence-electron chi connectivity index (χ1n) is 7.71. The van der Waals surface area contributed by atoms with Gasteiger partial charge in [-0.3, -0.25) is 0 Å². The molecule has 0 amide bonds. The zero-order valence-electron chi connectivity index (χ0n) is 13.0. The van der Waals surface area contributed by atoms with Crippen LogP contribution in [0.4, 0.5) is 0 Å². The van der Waals surface area contributed by atoms with Crippen LogP contribution in [0, 0.1) is 5.41 Å². The van der Waals surface area contributed by atoms with Crippen LogP contribution in [0.5, 0.6) is 0 Å². The highest BCUT2D eigenvalue weighted by atomic mass is 35.5. The highest BCUT2D eigenvalue weighted by molar-refractivity contribution is 6.30. The minimum atomic E-state index is 0.431. The standard InChI is InChI=1S/C17H27ClN2/c1-4-19-16(14-5-7-15(18)8-6-14)9-11-20-12-10-17(2,3)13-20/h5-8,16,19H,4,9-13H2,1-3H3. The summed E-state index contributed by atoms with van der Waals surface area (Å²) in [6.07, 6.45) is 2.48. The molecular formula is C17H27ClN2. The fourth-order valence-electron chi connectivity index (χ4n) is 3.05. The van der Waals surface area contributed by atoms with Gasteiger partial charge in [-0.25, -0.2) is 0 Å². The van der Waals surface area contributed by atoms with E-state index in [0.29, 0.717) is 11.5 Å². The second kappa shape index (κ2) is 6.93. The minimum absolute atomic E-state index is 0.431. The Balaban J connectivity index is 1.91. The summed E-state index contributed by atoms with van der Waals surface area (Å²) < 4.78 is 0. The third-order valence-electron chi connectivity index (χ3n) is 4.21. The second-order valence-electron chi connectivity index (χ2n) is 6.64. The smallest absolute Gasteiger partial charge is 0.0406 e. The maximum Gasteiger partial charge on any atom is 0.0406 e. The van der Waals surface area contributed by atoms with Crippen LogP contribution in [0.3, 0.4) is 0 Å². The van der Waals surface area contributed by atoms with E-state index < -0.39 is 0 Å². The largest absolute Gasteiger partial charge is 0.310 e. The van der Waals surface area contributed by atoms with Gasteiger partial charge in [0.05, 0.1) is 0 Å². The van der Waals surface area contributed by atoms with Gasteiger partial charge in [0.15, 0.2) is 0 Å². The van der Waals surface area contributed by atoms with Gasteiger partial charge in [0.2, 0.25) is 0 Å². The number of hydrogen-bond acceptors (Lipinski definition) is 2. The zero-order valence-corrected chi connectivity index (χ0v) is 13.7. The summed E-state index contributed by atoms with van der Waals surface area (Å²) in [6, 6.07) is 8.69. The van der Waals surface area contributed by atoms with Crippen LogP contribution in [-0.2, 0) is 0 Å². The number of hydrogen-bond donors (Lipinski definition) is 1. The maximum absolute atomic E-state index is 5.98. The van der Waals surface area contributed by atoms with Crippen molar-refractivity contribution < 1.29 is 0 Å². The number of halogens is 1. The van der Waals surface area contributed by atoms with E-state index in [2.05, 4.69) is 43.1 Å². The maximum atomic E-state index is 5.98. The van der Waals surface area contributed by atoms with Crippen LogP contribution in [0.1, 0.15) is 45.2 Å². The highest BCUT2D eigenvalue weighted by Gasteiger charge is 2.29. The Morgan fingerprint density at radius 2 is 2.00 bits per heavy atom. The fraction of sp³-hybridized carbons (Fsp3) is 0.647. The molecule has 1 saturated heterocycles. The van der Waals surface area contributed by atoms with E-state index in [-0.39, 0.29) is 0 Å². The molecule has 3 heteroatoms. The van der Waals surface area contributed by atoms with E-state index in [4.69, 9.17) is 11.6 Å². The van der Waals surface area contributed by atoms with Crippen LogP contribution >= 0.6 is 11.6 Å². The number of benzene rings is 1. The predicted octanol–water partition coefficient (Wildman–Crippen LogP) is 4.11. The molecule has 0 saturated carbocycles. The highest BCUT2D eigenvalue weighted by Crippen LogP contribution is 2.29. The minimum Gasteiger partial charge on any atom is -0.310 e. The molecule has 0 radical (unpaired) electrons. The van der Waals surface area contributed by atoms with E-state index in [1.807, 2.05) is 12.1 Å². The van der Waals surface area contributed by atoms with Gasteiger partial charge in [-0.05, 0) is 55.6 Å². The van der Waals surface area contributed by atoms with Gasteiger partial charge < -0.3 is 10.2 Å². The topological polar surface area (TPSA) is 15.3 Å². The van der Waals surface area contributed by atoms with Crippen molar-refractivity contribution >= 4 is 11.6 Å². The molecule has 0 spiro atoms. The van der Waals surface area contributed by atoms with Crippen LogP contribution in [0.2, 0.25) is 5.02 Å². The summed E-state index contributed by atoms with van der Waals surface area (Å²) in [4.78, 5) is 2.60. The summed E-state index contributed by atoms with van der Waals surface area (Å²) in [5, 5.41) is 4.40. The second-order valence-corrected chi connectivity index (χ2v) is 7.08. The summed E-state index contributed by atoms with van der Waals surface area (Å²) >= 11 is 5.98. The molecule has 0 aromatic heterocycles. The fourth-order valence-corrected chi connectivity index (χ4v) is 3.18. The molecule has 1 aromatic rings. The Bertz CT molecular complexity index is 414. The van der Waals surface area contributed by atoms with E-state index >= 15 is 0 Å². The summed E-state index contributed by atoms with van der Waals surface area (Å²) in [5.74, 6) is 0. The normalized spacial score (nSPS) is 20.2. The number of nitrogens with one attached hydrogen (secondary N) is 1. The van der Waals surface area contributed by atoms with E-state index in [9.17, 15) is 0 Å². The molecule has 1 aromatic carbocycles. The molecule has 1 aliphatic rings. The molecule has 112 valence electrons. The zero-order chi connectivity index (χ0) is 14.6. The van der Waals surface area contributed by atoms with Crippen molar-refractivity contribution in [2.45, 2.75) is 39.7 Å². The summed E-state index contributed by atoms with van der Waals surface area (Å²) in [7, 11) is 0. The molecule has 0 aliphatic carbocycles. The monoisotopic (exact) mass is 294 g/mol. The molecular weight excluding hydrogens is 268 g/mol. The van der Waals surface area contributed by atoms with Gasteiger partial charge in [0.1, 0.15) is 0 Å². The van der Waals surface area contributed by atoms with Crippen LogP contribution in [0.25, 0.3) is 0 Å². The van der Waals surface area contributed by atoms with Gasteiger partial charge in [-0.2, -0.15) is 0 Å². The number of nitrogens with zero attached hydrogens (tertiary/aromatic N) is 1. The van der Waals surface area contributed by atoms with Crippen LogP contribution < -0.4 is 5.32 Å². The van der Waals surface area contributed by atoms with E-state index in [0.717, 1.165) is 18.0 Å². The first-order chi connectivity index (χ1) is 9.50.